The maximum absolute atomic E-state index is 13.7. The van der Waals surface area contributed by atoms with Crippen LogP contribution < -0.4 is 5.32 Å². The maximum Gasteiger partial charge on any atom is 0.335 e. The van der Waals surface area contributed by atoms with Crippen LogP contribution in [0.4, 0.5) is 10.1 Å². The van der Waals surface area contributed by atoms with E-state index in [4.69, 9.17) is 5.11 Å². The number of anilines is 1. The van der Waals surface area contributed by atoms with Gasteiger partial charge in [0.25, 0.3) is 0 Å². The Morgan fingerprint density at radius 3 is 2.61 bits per heavy atom. The van der Waals surface area contributed by atoms with Gasteiger partial charge < -0.3 is 10.4 Å². The molecule has 0 bridgehead atoms. The number of carboxylic acid groups (broad SMARTS) is 1. The van der Waals surface area contributed by atoms with Crippen LogP contribution in [0, 0.1) is 19.7 Å². The Morgan fingerprint density at radius 1 is 1.35 bits per heavy atom. The molecule has 1 heterocycles. The van der Waals surface area contributed by atoms with Gasteiger partial charge in [-0.15, -0.1) is 0 Å². The van der Waals surface area contributed by atoms with E-state index in [2.05, 4.69) is 10.4 Å². The van der Waals surface area contributed by atoms with Crippen LogP contribution in [0.25, 0.3) is 0 Å². The molecule has 0 fully saturated rings. The largest absolute Gasteiger partial charge is 0.478 e. The third-order valence-corrected chi connectivity index (χ3v) is 3.43. The molecule has 0 aliphatic rings. The van der Waals surface area contributed by atoms with Crippen LogP contribution in [0.2, 0.25) is 0 Å². The molecular formula is C16H18FN3O3. The highest BCUT2D eigenvalue weighted by Gasteiger charge is 2.16. The first-order valence-electron chi connectivity index (χ1n) is 7.13. The van der Waals surface area contributed by atoms with Crippen LogP contribution in [0.5, 0.6) is 0 Å². The number of nitrogens with zero attached hydrogens (tertiary/aromatic N) is 2. The smallest absolute Gasteiger partial charge is 0.335 e. The van der Waals surface area contributed by atoms with Gasteiger partial charge in [0.1, 0.15) is 5.82 Å². The molecule has 0 saturated heterocycles. The highest BCUT2D eigenvalue weighted by molar-refractivity contribution is 5.94. The molecule has 0 saturated carbocycles. The molecule has 0 aliphatic heterocycles. The minimum absolute atomic E-state index is 0.0895. The monoisotopic (exact) mass is 319 g/mol. The van der Waals surface area contributed by atoms with Crippen molar-refractivity contribution < 1.29 is 19.1 Å². The number of aryl methyl sites for hydroxylation is 2. The molecule has 2 N–H and O–H groups in total. The standard InChI is InChI=1S/C16H18FN3O3/c1-9-6-10(2)20(19-9)11(3)7-15(21)18-14-8-12(16(22)23)4-5-13(14)17/h4-6,8,11H,7H2,1-3H3,(H,18,21)(H,22,23). The summed E-state index contributed by atoms with van der Waals surface area (Å²) in [6.45, 7) is 5.59. The van der Waals surface area contributed by atoms with Crippen LogP contribution in [0.3, 0.4) is 0 Å². The molecule has 1 aromatic carbocycles. The van der Waals surface area contributed by atoms with Gasteiger partial charge >= 0.3 is 5.97 Å². The number of rotatable bonds is 5. The van der Waals surface area contributed by atoms with E-state index in [0.29, 0.717) is 0 Å². The Morgan fingerprint density at radius 2 is 2.04 bits per heavy atom. The van der Waals surface area contributed by atoms with Gasteiger partial charge in [-0.1, -0.05) is 0 Å². The lowest BCUT2D eigenvalue weighted by molar-refractivity contribution is -0.116. The highest BCUT2D eigenvalue weighted by atomic mass is 19.1. The predicted molar refractivity (Wildman–Crippen MR) is 83.0 cm³/mol. The maximum atomic E-state index is 13.7. The average molecular weight is 319 g/mol. The fourth-order valence-electron chi connectivity index (χ4n) is 2.40. The van der Waals surface area contributed by atoms with Crippen molar-refractivity contribution in [1.29, 1.82) is 0 Å². The Labute approximate surface area is 132 Å². The molecule has 6 nitrogen and oxygen atoms in total. The number of nitrogens with one attached hydrogen (secondary N) is 1. The van der Waals surface area contributed by atoms with Crippen molar-refractivity contribution in [2.24, 2.45) is 0 Å². The lowest BCUT2D eigenvalue weighted by Crippen LogP contribution is -2.19. The van der Waals surface area contributed by atoms with Gasteiger partial charge in [0.05, 0.1) is 23.0 Å². The van der Waals surface area contributed by atoms with Gasteiger partial charge in [0, 0.05) is 12.1 Å². The Kier molecular flexibility index (Phi) is 4.78. The van der Waals surface area contributed by atoms with E-state index in [9.17, 15) is 14.0 Å². The minimum Gasteiger partial charge on any atom is -0.478 e. The molecule has 1 aromatic heterocycles. The average Bonchev–Trinajstić information content (AvgIpc) is 2.79. The van der Waals surface area contributed by atoms with E-state index < -0.39 is 17.7 Å². The number of benzene rings is 1. The van der Waals surface area contributed by atoms with Crippen LogP contribution in [-0.4, -0.2) is 26.8 Å². The molecular weight excluding hydrogens is 301 g/mol. The first kappa shape index (κ1) is 16.7. The zero-order chi connectivity index (χ0) is 17.1. The van der Waals surface area contributed by atoms with Gasteiger partial charge in [-0.25, -0.2) is 9.18 Å². The van der Waals surface area contributed by atoms with Gasteiger partial charge in [0.15, 0.2) is 0 Å². The van der Waals surface area contributed by atoms with Crippen molar-refractivity contribution in [3.63, 3.8) is 0 Å². The fraction of sp³-hybridized carbons (Fsp3) is 0.312. The number of halogens is 1. The van der Waals surface area contributed by atoms with Crippen molar-refractivity contribution in [2.75, 3.05) is 5.32 Å². The second kappa shape index (κ2) is 6.60. The third-order valence-electron chi connectivity index (χ3n) is 3.43. The number of carbonyl (C=O) groups excluding carboxylic acids is 1. The molecule has 0 spiro atoms. The second-order valence-corrected chi connectivity index (χ2v) is 5.47. The first-order chi connectivity index (χ1) is 10.8. The first-order valence-corrected chi connectivity index (χ1v) is 7.13. The molecule has 122 valence electrons. The van der Waals surface area contributed by atoms with Gasteiger partial charge in [-0.05, 0) is 45.0 Å². The zero-order valence-electron chi connectivity index (χ0n) is 13.1. The summed E-state index contributed by atoms with van der Waals surface area (Å²) >= 11 is 0. The summed E-state index contributed by atoms with van der Waals surface area (Å²) in [6, 6.07) is 4.97. The summed E-state index contributed by atoms with van der Waals surface area (Å²) in [7, 11) is 0. The molecule has 1 unspecified atom stereocenters. The molecule has 2 aromatic rings. The van der Waals surface area contributed by atoms with Crippen molar-refractivity contribution >= 4 is 17.6 Å². The van der Waals surface area contributed by atoms with Crippen LogP contribution >= 0.6 is 0 Å². The summed E-state index contributed by atoms with van der Waals surface area (Å²) in [6.07, 6.45) is 0.0959. The lowest BCUT2D eigenvalue weighted by Gasteiger charge is -2.14. The fourth-order valence-corrected chi connectivity index (χ4v) is 2.40. The topological polar surface area (TPSA) is 84.2 Å². The summed E-state index contributed by atoms with van der Waals surface area (Å²) in [4.78, 5) is 23.0. The summed E-state index contributed by atoms with van der Waals surface area (Å²) < 4.78 is 15.4. The van der Waals surface area contributed by atoms with Gasteiger partial charge in [0.2, 0.25) is 5.91 Å². The Bertz CT molecular complexity index is 755. The predicted octanol–water partition coefficient (Wildman–Crippen LogP) is 2.93. The lowest BCUT2D eigenvalue weighted by atomic mass is 10.1. The number of aromatic carboxylic acids is 1. The third kappa shape index (κ3) is 3.94. The van der Waals surface area contributed by atoms with E-state index in [1.807, 2.05) is 26.8 Å². The molecule has 7 heteroatoms. The number of amides is 1. The van der Waals surface area contributed by atoms with E-state index in [0.717, 1.165) is 29.6 Å². The SMILES string of the molecule is Cc1cc(C)n(C(C)CC(=O)Nc2cc(C(=O)O)ccc2F)n1. The molecule has 1 amide bonds. The van der Waals surface area contributed by atoms with Crippen molar-refractivity contribution in [2.45, 2.75) is 33.2 Å². The Balaban J connectivity index is 2.09. The number of hydrogen-bond donors (Lipinski definition) is 2. The number of hydrogen-bond acceptors (Lipinski definition) is 3. The highest BCUT2D eigenvalue weighted by Crippen LogP contribution is 2.19. The second-order valence-electron chi connectivity index (χ2n) is 5.47. The Hall–Kier alpha value is -2.70. The number of carbonyl (C=O) groups is 2. The summed E-state index contributed by atoms with van der Waals surface area (Å²) in [5.41, 5.74) is 1.56. The summed E-state index contributed by atoms with van der Waals surface area (Å²) in [5, 5.41) is 15.6. The molecule has 0 aliphatic carbocycles. The van der Waals surface area contributed by atoms with Gasteiger partial charge in [-0.3, -0.25) is 9.48 Å². The van der Waals surface area contributed by atoms with Crippen molar-refractivity contribution in [3.05, 3.63) is 47.0 Å². The number of aromatic nitrogens is 2. The zero-order valence-corrected chi connectivity index (χ0v) is 13.1. The van der Waals surface area contributed by atoms with Crippen LogP contribution in [0.1, 0.15) is 41.1 Å². The minimum atomic E-state index is -1.18. The van der Waals surface area contributed by atoms with Crippen LogP contribution in [0.15, 0.2) is 24.3 Å². The molecule has 1 atom stereocenters. The molecule has 2 rings (SSSR count). The van der Waals surface area contributed by atoms with E-state index in [-0.39, 0.29) is 23.7 Å². The molecule has 23 heavy (non-hydrogen) atoms. The van der Waals surface area contributed by atoms with Crippen molar-refractivity contribution in [1.82, 2.24) is 9.78 Å². The quantitative estimate of drug-likeness (QED) is 0.887. The van der Waals surface area contributed by atoms with Crippen LogP contribution in [-0.2, 0) is 4.79 Å². The van der Waals surface area contributed by atoms with Crippen molar-refractivity contribution in [3.8, 4) is 0 Å². The number of carboxylic acids is 1. The van der Waals surface area contributed by atoms with Gasteiger partial charge in [-0.2, -0.15) is 5.10 Å². The normalized spacial score (nSPS) is 12.0. The van der Waals surface area contributed by atoms with E-state index in [1.165, 1.54) is 0 Å². The van der Waals surface area contributed by atoms with E-state index >= 15 is 0 Å². The summed E-state index contributed by atoms with van der Waals surface area (Å²) in [5.74, 6) is -2.27. The molecule has 0 radical (unpaired) electrons. The van der Waals surface area contributed by atoms with E-state index in [1.54, 1.807) is 4.68 Å².